The third kappa shape index (κ3) is 6.12. The standard InChI is InChI=1S/C33H27F5N6O2/c1-18-5-6-19(30(46)42-23-4-2-3-22(15-23)33(36,37)38)13-24(18)25-14-21-17-41-31(39)43-28(21)27(29(25)45)20-7-8-26(40-16-20)44-11-9-32(34,35)10-12-44/h2-8,13-17,45H,9-12H2,1H3,(H,42,46)(H2,39,41,43). The van der Waals surface area contributed by atoms with Crippen molar-refractivity contribution < 1.29 is 31.9 Å². The Morgan fingerprint density at radius 1 is 0.978 bits per heavy atom. The van der Waals surface area contributed by atoms with Gasteiger partial charge in [0.05, 0.1) is 16.6 Å². The fraction of sp³-hybridized carbons (Fsp3) is 0.212. The summed E-state index contributed by atoms with van der Waals surface area (Å²) in [5, 5.41) is 14.8. The number of pyridine rings is 1. The van der Waals surface area contributed by atoms with Crippen LogP contribution in [0, 0.1) is 6.92 Å². The second-order valence-corrected chi connectivity index (χ2v) is 11.1. The highest BCUT2D eigenvalue weighted by Gasteiger charge is 2.34. The number of fused-ring (bicyclic) bond motifs is 1. The number of aryl methyl sites for hydroxylation is 1. The molecule has 4 N–H and O–H groups in total. The van der Waals surface area contributed by atoms with Crippen LogP contribution in [-0.4, -0.2) is 45.0 Å². The fourth-order valence-electron chi connectivity index (χ4n) is 5.47. The van der Waals surface area contributed by atoms with E-state index in [1.807, 2.05) is 0 Å². The van der Waals surface area contributed by atoms with Crippen molar-refractivity contribution in [3.8, 4) is 28.0 Å². The maximum Gasteiger partial charge on any atom is 0.416 e. The zero-order chi connectivity index (χ0) is 32.8. The molecule has 6 rings (SSSR count). The van der Waals surface area contributed by atoms with Crippen LogP contribution in [0.25, 0.3) is 33.2 Å². The molecule has 13 heteroatoms. The lowest BCUT2D eigenvalue weighted by molar-refractivity contribution is -0.137. The Balaban J connectivity index is 1.38. The number of carbonyl (C=O) groups excluding carboxylic acids is 1. The number of amides is 1. The van der Waals surface area contributed by atoms with Gasteiger partial charge in [-0.1, -0.05) is 12.1 Å². The number of aromatic hydroxyl groups is 1. The number of phenols is 1. The number of rotatable bonds is 5. The van der Waals surface area contributed by atoms with Gasteiger partial charge in [-0.2, -0.15) is 13.2 Å². The number of aromatic nitrogens is 3. The van der Waals surface area contributed by atoms with E-state index in [9.17, 15) is 31.9 Å². The first-order valence-corrected chi connectivity index (χ1v) is 14.3. The molecule has 1 aliphatic rings. The van der Waals surface area contributed by atoms with Crippen molar-refractivity contribution in [1.29, 1.82) is 0 Å². The zero-order valence-corrected chi connectivity index (χ0v) is 24.4. The lowest BCUT2D eigenvalue weighted by atomic mass is 9.92. The van der Waals surface area contributed by atoms with Gasteiger partial charge in [0.2, 0.25) is 5.95 Å². The molecule has 0 saturated carbocycles. The number of carbonyl (C=O) groups is 1. The molecule has 5 aromatic rings. The van der Waals surface area contributed by atoms with Gasteiger partial charge < -0.3 is 21.1 Å². The largest absolute Gasteiger partial charge is 0.507 e. The summed E-state index contributed by atoms with van der Waals surface area (Å²) in [6.07, 6.45) is -2.09. The molecule has 1 saturated heterocycles. The number of nitrogens with one attached hydrogen (secondary N) is 1. The molecule has 0 aliphatic carbocycles. The number of piperidine rings is 1. The van der Waals surface area contributed by atoms with Crippen molar-refractivity contribution >= 4 is 34.3 Å². The lowest BCUT2D eigenvalue weighted by Gasteiger charge is -2.32. The van der Waals surface area contributed by atoms with E-state index in [0.29, 0.717) is 44.5 Å². The maximum atomic E-state index is 13.7. The molecule has 8 nitrogen and oxygen atoms in total. The minimum atomic E-state index is -4.57. The third-order valence-corrected chi connectivity index (χ3v) is 7.96. The third-order valence-electron chi connectivity index (χ3n) is 7.96. The summed E-state index contributed by atoms with van der Waals surface area (Å²) in [6.45, 7) is 2.10. The summed E-state index contributed by atoms with van der Waals surface area (Å²) >= 11 is 0. The molecule has 0 spiro atoms. The Labute approximate surface area is 259 Å². The normalized spacial score (nSPS) is 14.8. The van der Waals surface area contributed by atoms with Gasteiger partial charge in [0.15, 0.2) is 0 Å². The highest BCUT2D eigenvalue weighted by Crippen LogP contribution is 2.44. The van der Waals surface area contributed by atoms with Gasteiger partial charge in [-0.05, 0) is 66.6 Å². The van der Waals surface area contributed by atoms with Crippen LogP contribution in [-0.2, 0) is 6.18 Å². The predicted molar refractivity (Wildman–Crippen MR) is 165 cm³/mol. The van der Waals surface area contributed by atoms with Gasteiger partial charge in [-0.15, -0.1) is 0 Å². The summed E-state index contributed by atoms with van der Waals surface area (Å²) in [4.78, 5) is 27.9. The summed E-state index contributed by atoms with van der Waals surface area (Å²) < 4.78 is 66.9. The number of nitrogen functional groups attached to an aromatic ring is 1. The quantitative estimate of drug-likeness (QED) is 0.172. The number of anilines is 3. The van der Waals surface area contributed by atoms with Crippen LogP contribution in [0.1, 0.15) is 34.3 Å². The van der Waals surface area contributed by atoms with E-state index in [-0.39, 0.29) is 48.9 Å². The van der Waals surface area contributed by atoms with Gasteiger partial charge in [-0.3, -0.25) is 4.79 Å². The Morgan fingerprint density at radius 2 is 1.74 bits per heavy atom. The molecular weight excluding hydrogens is 607 g/mol. The molecular formula is C33H27F5N6O2. The van der Waals surface area contributed by atoms with Gasteiger partial charge >= 0.3 is 6.18 Å². The lowest BCUT2D eigenvalue weighted by Crippen LogP contribution is -2.39. The van der Waals surface area contributed by atoms with Crippen LogP contribution in [0.2, 0.25) is 0 Å². The second-order valence-electron chi connectivity index (χ2n) is 11.1. The molecule has 0 atom stereocenters. The molecule has 3 aromatic carbocycles. The summed E-state index contributed by atoms with van der Waals surface area (Å²) in [5.74, 6) is -3.04. The van der Waals surface area contributed by atoms with Gasteiger partial charge in [-0.25, -0.2) is 23.7 Å². The molecule has 0 radical (unpaired) electrons. The number of nitrogens with zero attached hydrogens (tertiary/aromatic N) is 4. The highest BCUT2D eigenvalue weighted by molar-refractivity contribution is 6.06. The highest BCUT2D eigenvalue weighted by atomic mass is 19.4. The van der Waals surface area contributed by atoms with Gasteiger partial charge in [0, 0.05) is 66.1 Å². The van der Waals surface area contributed by atoms with E-state index in [2.05, 4.69) is 20.3 Å². The van der Waals surface area contributed by atoms with Gasteiger partial charge in [0.25, 0.3) is 11.8 Å². The smallest absolute Gasteiger partial charge is 0.416 e. The first-order valence-electron chi connectivity index (χ1n) is 14.3. The number of hydrogen-bond donors (Lipinski definition) is 3. The number of benzene rings is 3. The van der Waals surface area contributed by atoms with Crippen molar-refractivity contribution in [3.63, 3.8) is 0 Å². The number of nitrogens with two attached hydrogens (primary N) is 1. The first kappa shape index (κ1) is 30.7. The zero-order valence-electron chi connectivity index (χ0n) is 24.4. The van der Waals surface area contributed by atoms with Gasteiger partial charge in [0.1, 0.15) is 11.6 Å². The Bertz CT molecular complexity index is 1950. The number of phenolic OH excluding ortho intramolecular Hbond substituents is 1. The molecule has 236 valence electrons. The van der Waals surface area contributed by atoms with Crippen LogP contribution in [0.4, 0.5) is 39.4 Å². The SMILES string of the molecule is Cc1ccc(C(=O)Nc2cccc(C(F)(F)F)c2)cc1-c1cc2cnc(N)nc2c(-c2ccc(N3CCC(F)(F)CC3)nc2)c1O. The topological polar surface area (TPSA) is 117 Å². The van der Waals surface area contributed by atoms with E-state index in [1.165, 1.54) is 36.7 Å². The predicted octanol–water partition coefficient (Wildman–Crippen LogP) is 7.46. The summed E-state index contributed by atoms with van der Waals surface area (Å²) in [6, 6.07) is 14.1. The molecule has 0 unspecified atom stereocenters. The Morgan fingerprint density at radius 3 is 2.43 bits per heavy atom. The average Bonchev–Trinajstić information content (AvgIpc) is 3.01. The van der Waals surface area contributed by atoms with E-state index < -0.39 is 23.6 Å². The molecule has 1 amide bonds. The van der Waals surface area contributed by atoms with Crippen LogP contribution in [0.15, 0.2) is 73.1 Å². The van der Waals surface area contributed by atoms with Crippen LogP contribution in [0.5, 0.6) is 5.75 Å². The van der Waals surface area contributed by atoms with Crippen molar-refractivity contribution in [2.75, 3.05) is 29.0 Å². The second kappa shape index (κ2) is 11.5. The molecule has 2 aromatic heterocycles. The van der Waals surface area contributed by atoms with Crippen molar-refractivity contribution in [2.24, 2.45) is 0 Å². The molecule has 46 heavy (non-hydrogen) atoms. The van der Waals surface area contributed by atoms with E-state index in [4.69, 9.17) is 5.73 Å². The maximum absolute atomic E-state index is 13.7. The minimum absolute atomic E-state index is 0.0239. The molecule has 0 bridgehead atoms. The molecule has 1 aliphatic heterocycles. The fourth-order valence-corrected chi connectivity index (χ4v) is 5.47. The van der Waals surface area contributed by atoms with Crippen LogP contribution < -0.4 is 16.0 Å². The first-order chi connectivity index (χ1) is 21.8. The Hall–Kier alpha value is -5.33. The van der Waals surface area contributed by atoms with E-state index >= 15 is 0 Å². The number of halogens is 5. The van der Waals surface area contributed by atoms with Crippen LogP contribution in [0.3, 0.4) is 0 Å². The summed E-state index contributed by atoms with van der Waals surface area (Å²) in [7, 11) is 0. The monoisotopic (exact) mass is 634 g/mol. The summed E-state index contributed by atoms with van der Waals surface area (Å²) in [5.41, 5.74) is 7.74. The van der Waals surface area contributed by atoms with Crippen molar-refractivity contribution in [2.45, 2.75) is 31.9 Å². The minimum Gasteiger partial charge on any atom is -0.507 e. The van der Waals surface area contributed by atoms with E-state index in [0.717, 1.165) is 12.1 Å². The van der Waals surface area contributed by atoms with Crippen molar-refractivity contribution in [1.82, 2.24) is 15.0 Å². The average molecular weight is 635 g/mol. The Kier molecular flexibility index (Phi) is 7.70. The molecule has 3 heterocycles. The number of alkyl halides is 5. The number of hydrogen-bond acceptors (Lipinski definition) is 7. The van der Waals surface area contributed by atoms with E-state index in [1.54, 1.807) is 36.1 Å². The molecule has 1 fully saturated rings. The van der Waals surface area contributed by atoms with Crippen LogP contribution >= 0.6 is 0 Å². The van der Waals surface area contributed by atoms with Crippen molar-refractivity contribution in [3.05, 3.63) is 89.7 Å².